The van der Waals surface area contributed by atoms with E-state index in [4.69, 9.17) is 5.26 Å². The normalized spacial score (nSPS) is 11.6. The number of nitrogens with one attached hydrogen (secondary N) is 1. The van der Waals surface area contributed by atoms with E-state index in [2.05, 4.69) is 20.3 Å². The summed E-state index contributed by atoms with van der Waals surface area (Å²) in [6, 6.07) is 9.96. The number of aromatic nitrogens is 4. The van der Waals surface area contributed by atoms with E-state index in [0.717, 1.165) is 27.0 Å². The average Bonchev–Trinajstić information content (AvgIpc) is 3.01. The minimum Gasteiger partial charge on any atom is -0.337 e. The molecular formula is C16H9N7S. The predicted octanol–water partition coefficient (Wildman–Crippen LogP) is 2.67. The van der Waals surface area contributed by atoms with Crippen molar-refractivity contribution in [3.8, 4) is 12.1 Å². The fourth-order valence-corrected chi connectivity index (χ4v) is 3.36. The van der Waals surface area contributed by atoms with Crippen molar-refractivity contribution in [2.24, 2.45) is 0 Å². The van der Waals surface area contributed by atoms with Crippen LogP contribution in [0.25, 0.3) is 0 Å². The van der Waals surface area contributed by atoms with Crippen LogP contribution < -0.4 is 5.32 Å². The number of hydrogen-bond donors (Lipinski definition) is 1. The SMILES string of the molecule is N#Cc1ncn(Cc2ccc3c(c2)Nc2nccnc2S3)c1C#N. The quantitative estimate of drug-likeness (QED) is 0.602. The van der Waals surface area contributed by atoms with Crippen molar-refractivity contribution < 1.29 is 0 Å². The Morgan fingerprint density at radius 2 is 2.00 bits per heavy atom. The van der Waals surface area contributed by atoms with Gasteiger partial charge in [0.05, 0.1) is 12.0 Å². The first-order chi connectivity index (χ1) is 11.8. The summed E-state index contributed by atoms with van der Waals surface area (Å²) in [5.74, 6) is 0.735. The maximum atomic E-state index is 9.21. The fraction of sp³-hybridized carbons (Fsp3) is 0.0625. The molecule has 0 radical (unpaired) electrons. The Morgan fingerprint density at radius 1 is 1.12 bits per heavy atom. The predicted molar refractivity (Wildman–Crippen MR) is 86.6 cm³/mol. The summed E-state index contributed by atoms with van der Waals surface area (Å²) in [5.41, 5.74) is 2.36. The Labute approximate surface area is 141 Å². The molecule has 114 valence electrons. The maximum absolute atomic E-state index is 9.21. The van der Waals surface area contributed by atoms with E-state index in [1.165, 1.54) is 6.33 Å². The molecular weight excluding hydrogens is 322 g/mol. The second-order valence-corrected chi connectivity index (χ2v) is 6.09. The molecule has 1 aromatic carbocycles. The first kappa shape index (κ1) is 14.2. The second-order valence-electron chi connectivity index (χ2n) is 5.06. The minimum atomic E-state index is 0.147. The van der Waals surface area contributed by atoms with Gasteiger partial charge in [-0.1, -0.05) is 17.8 Å². The van der Waals surface area contributed by atoms with Crippen LogP contribution in [-0.2, 0) is 6.54 Å². The van der Waals surface area contributed by atoms with Crippen LogP contribution in [0.2, 0.25) is 0 Å². The number of fused-ring (bicyclic) bond motifs is 2. The topological polar surface area (TPSA) is 103 Å². The third kappa shape index (κ3) is 2.35. The molecule has 0 aliphatic carbocycles. The molecule has 0 bridgehead atoms. The van der Waals surface area contributed by atoms with Crippen LogP contribution in [0.3, 0.4) is 0 Å². The van der Waals surface area contributed by atoms with Crippen LogP contribution in [0.15, 0.2) is 46.8 Å². The van der Waals surface area contributed by atoms with Crippen LogP contribution >= 0.6 is 11.8 Å². The van der Waals surface area contributed by atoms with Gasteiger partial charge in [-0.25, -0.2) is 15.0 Å². The van der Waals surface area contributed by atoms with Crippen LogP contribution in [0.1, 0.15) is 17.0 Å². The Kier molecular flexibility index (Phi) is 3.38. The Balaban J connectivity index is 1.65. The van der Waals surface area contributed by atoms with Crippen molar-refractivity contribution >= 4 is 23.3 Å². The van der Waals surface area contributed by atoms with Gasteiger partial charge in [0.15, 0.2) is 17.2 Å². The summed E-state index contributed by atoms with van der Waals surface area (Å²) in [4.78, 5) is 13.6. The zero-order valence-corrected chi connectivity index (χ0v) is 13.1. The Bertz CT molecular complexity index is 1030. The van der Waals surface area contributed by atoms with E-state index in [9.17, 15) is 5.26 Å². The number of nitriles is 2. The van der Waals surface area contributed by atoms with Crippen molar-refractivity contribution in [1.29, 1.82) is 10.5 Å². The smallest absolute Gasteiger partial charge is 0.176 e. The first-order valence-electron chi connectivity index (χ1n) is 7.02. The Morgan fingerprint density at radius 3 is 2.83 bits per heavy atom. The van der Waals surface area contributed by atoms with Crippen molar-refractivity contribution in [3.05, 3.63) is 53.9 Å². The zero-order chi connectivity index (χ0) is 16.5. The highest BCUT2D eigenvalue weighted by Gasteiger charge is 2.18. The highest BCUT2D eigenvalue weighted by atomic mass is 32.2. The highest BCUT2D eigenvalue weighted by molar-refractivity contribution is 7.99. The van der Waals surface area contributed by atoms with E-state index in [1.54, 1.807) is 28.7 Å². The lowest BCUT2D eigenvalue weighted by molar-refractivity contribution is 0.785. The van der Waals surface area contributed by atoms with E-state index in [1.807, 2.05) is 30.3 Å². The largest absolute Gasteiger partial charge is 0.337 e. The molecule has 24 heavy (non-hydrogen) atoms. The zero-order valence-electron chi connectivity index (χ0n) is 12.3. The second kappa shape index (κ2) is 5.69. The van der Waals surface area contributed by atoms with Crippen molar-refractivity contribution in [1.82, 2.24) is 19.5 Å². The Hall–Kier alpha value is -3.36. The molecule has 2 aromatic heterocycles. The van der Waals surface area contributed by atoms with Crippen LogP contribution in [0.5, 0.6) is 0 Å². The van der Waals surface area contributed by atoms with E-state index >= 15 is 0 Å². The third-order valence-electron chi connectivity index (χ3n) is 3.57. The van der Waals surface area contributed by atoms with Crippen LogP contribution in [0, 0.1) is 22.7 Å². The molecule has 0 unspecified atom stereocenters. The summed E-state index contributed by atoms with van der Waals surface area (Å²) in [7, 11) is 0. The van der Waals surface area contributed by atoms with Gasteiger partial charge in [-0.15, -0.1) is 0 Å². The molecule has 0 atom stereocenters. The van der Waals surface area contributed by atoms with Crippen molar-refractivity contribution in [2.45, 2.75) is 16.5 Å². The average molecular weight is 331 g/mol. The monoisotopic (exact) mass is 331 g/mol. The lowest BCUT2D eigenvalue weighted by Gasteiger charge is -2.19. The molecule has 3 aromatic rings. The number of imidazole rings is 1. The van der Waals surface area contributed by atoms with Gasteiger partial charge in [0.2, 0.25) is 0 Å². The first-order valence-corrected chi connectivity index (χ1v) is 7.84. The lowest BCUT2D eigenvalue weighted by atomic mass is 10.2. The van der Waals surface area contributed by atoms with Crippen molar-refractivity contribution in [3.63, 3.8) is 0 Å². The number of hydrogen-bond acceptors (Lipinski definition) is 7. The van der Waals surface area contributed by atoms with Gasteiger partial charge in [-0.05, 0) is 17.7 Å². The van der Waals surface area contributed by atoms with Gasteiger partial charge in [0, 0.05) is 23.8 Å². The number of anilines is 2. The molecule has 3 heterocycles. The molecule has 7 nitrogen and oxygen atoms in total. The minimum absolute atomic E-state index is 0.147. The molecule has 1 aliphatic rings. The van der Waals surface area contributed by atoms with Crippen LogP contribution in [-0.4, -0.2) is 19.5 Å². The molecule has 0 saturated heterocycles. The summed E-state index contributed by atoms with van der Waals surface area (Å²) in [6.45, 7) is 0.463. The third-order valence-corrected chi connectivity index (χ3v) is 4.64. The maximum Gasteiger partial charge on any atom is 0.176 e. The number of benzene rings is 1. The van der Waals surface area contributed by atoms with Gasteiger partial charge in [0.1, 0.15) is 17.2 Å². The van der Waals surface area contributed by atoms with Gasteiger partial charge in [0.25, 0.3) is 0 Å². The molecule has 0 amide bonds. The summed E-state index contributed by atoms with van der Waals surface area (Å²) in [6.07, 6.45) is 4.83. The van der Waals surface area contributed by atoms with E-state index in [-0.39, 0.29) is 11.4 Å². The summed E-state index contributed by atoms with van der Waals surface area (Å²) in [5, 5.41) is 22.3. The van der Waals surface area contributed by atoms with Gasteiger partial charge in [-0.3, -0.25) is 0 Å². The molecule has 1 aliphatic heterocycles. The molecule has 1 N–H and O–H groups in total. The standard InChI is InChI=1S/C16H9N7S/c17-6-12-13(7-18)23(9-21-12)8-10-1-2-14-11(5-10)22-15-16(24-14)20-4-3-19-15/h1-5,9H,8H2,(H,19,22). The number of rotatable bonds is 2. The highest BCUT2D eigenvalue weighted by Crippen LogP contribution is 2.42. The van der Waals surface area contributed by atoms with E-state index in [0.29, 0.717) is 6.54 Å². The summed E-state index contributed by atoms with van der Waals surface area (Å²) >= 11 is 1.56. The molecule has 0 spiro atoms. The van der Waals surface area contributed by atoms with Crippen LogP contribution in [0.4, 0.5) is 11.5 Å². The van der Waals surface area contributed by atoms with Gasteiger partial charge in [-0.2, -0.15) is 10.5 Å². The lowest BCUT2D eigenvalue weighted by Crippen LogP contribution is -2.06. The van der Waals surface area contributed by atoms with Crippen molar-refractivity contribution in [2.75, 3.05) is 5.32 Å². The fourth-order valence-electron chi connectivity index (χ4n) is 2.48. The molecule has 0 saturated carbocycles. The molecule has 4 rings (SSSR count). The van der Waals surface area contributed by atoms with E-state index < -0.39 is 0 Å². The summed E-state index contributed by atoms with van der Waals surface area (Å²) < 4.78 is 1.67. The number of nitrogens with zero attached hydrogens (tertiary/aromatic N) is 6. The van der Waals surface area contributed by atoms with Gasteiger partial charge < -0.3 is 9.88 Å². The van der Waals surface area contributed by atoms with Gasteiger partial charge >= 0.3 is 0 Å². The molecule has 0 fully saturated rings. The molecule has 8 heteroatoms.